The fourth-order valence-electron chi connectivity index (χ4n) is 1.65. The number of nitriles is 1. The van der Waals surface area contributed by atoms with Crippen molar-refractivity contribution in [3.05, 3.63) is 65.0 Å². The van der Waals surface area contributed by atoms with Crippen LogP contribution in [0.2, 0.25) is 0 Å². The second kappa shape index (κ2) is 4.67. The van der Waals surface area contributed by atoms with Crippen LogP contribution in [0, 0.1) is 17.1 Å². The summed E-state index contributed by atoms with van der Waals surface area (Å²) in [6, 6.07) is 13.7. The van der Waals surface area contributed by atoms with E-state index in [2.05, 4.69) is 0 Å². The van der Waals surface area contributed by atoms with Gasteiger partial charge < -0.3 is 5.73 Å². The lowest BCUT2D eigenvalue weighted by molar-refractivity contribution is 0.627. The molecule has 0 aliphatic heterocycles. The van der Waals surface area contributed by atoms with Crippen molar-refractivity contribution in [1.29, 1.82) is 5.26 Å². The van der Waals surface area contributed by atoms with Gasteiger partial charge in [-0.05, 0) is 41.8 Å². The molecule has 0 bridgehead atoms. The first kappa shape index (κ1) is 11.2. The molecule has 84 valence electrons. The summed E-state index contributed by atoms with van der Waals surface area (Å²) in [7, 11) is 0. The van der Waals surface area contributed by atoms with Crippen molar-refractivity contribution >= 4 is 5.69 Å². The van der Waals surface area contributed by atoms with E-state index < -0.39 is 0 Å². The quantitative estimate of drug-likeness (QED) is 0.800. The summed E-state index contributed by atoms with van der Waals surface area (Å²) in [6.45, 7) is 0. The third-order valence-electron chi connectivity index (χ3n) is 2.56. The Morgan fingerprint density at radius 2 is 1.71 bits per heavy atom. The van der Waals surface area contributed by atoms with Crippen molar-refractivity contribution < 1.29 is 4.39 Å². The monoisotopic (exact) mass is 226 g/mol. The molecule has 2 rings (SSSR count). The first-order valence-corrected chi connectivity index (χ1v) is 5.22. The number of hydrogen-bond donors (Lipinski definition) is 1. The Balaban J connectivity index is 2.25. The van der Waals surface area contributed by atoms with Gasteiger partial charge in [-0.15, -0.1) is 0 Å². The Kier molecular flexibility index (Phi) is 3.06. The molecule has 0 saturated heterocycles. The zero-order valence-electron chi connectivity index (χ0n) is 9.15. The molecule has 2 aromatic carbocycles. The molecule has 2 N–H and O–H groups in total. The molecule has 0 radical (unpaired) electrons. The van der Waals surface area contributed by atoms with Crippen molar-refractivity contribution in [2.24, 2.45) is 0 Å². The van der Waals surface area contributed by atoms with Gasteiger partial charge in [-0.2, -0.15) is 5.26 Å². The predicted octanol–water partition coefficient (Wildman–Crippen LogP) is 2.87. The summed E-state index contributed by atoms with van der Waals surface area (Å²) in [5.74, 6) is -0.247. The highest BCUT2D eigenvalue weighted by Crippen LogP contribution is 2.16. The van der Waals surface area contributed by atoms with Gasteiger partial charge in [0.1, 0.15) is 11.9 Å². The van der Waals surface area contributed by atoms with E-state index in [1.54, 1.807) is 24.3 Å². The average molecular weight is 226 g/mol. The highest BCUT2D eigenvalue weighted by atomic mass is 19.1. The summed E-state index contributed by atoms with van der Waals surface area (Å²) < 4.78 is 12.7. The maximum atomic E-state index is 12.7. The number of nitrogens with zero attached hydrogens (tertiary/aromatic N) is 1. The molecule has 2 aromatic rings. The second-order valence-electron chi connectivity index (χ2n) is 3.84. The first-order chi connectivity index (χ1) is 8.19. The van der Waals surface area contributed by atoms with E-state index in [9.17, 15) is 4.39 Å². The number of hydrogen-bond acceptors (Lipinski definition) is 2. The van der Waals surface area contributed by atoms with Gasteiger partial charge in [0.2, 0.25) is 0 Å². The Labute approximate surface area is 99.1 Å². The van der Waals surface area contributed by atoms with Crippen LogP contribution in [0.25, 0.3) is 0 Å². The van der Waals surface area contributed by atoms with Crippen LogP contribution in [0.4, 0.5) is 10.1 Å². The molecular weight excluding hydrogens is 215 g/mol. The van der Waals surface area contributed by atoms with Gasteiger partial charge in [-0.3, -0.25) is 0 Å². The molecule has 0 heterocycles. The van der Waals surface area contributed by atoms with Crippen molar-refractivity contribution in [1.82, 2.24) is 0 Å². The number of anilines is 1. The fraction of sp³-hybridized carbons (Fsp3) is 0.0714. The van der Waals surface area contributed by atoms with Crippen molar-refractivity contribution in [3.63, 3.8) is 0 Å². The minimum atomic E-state index is -0.247. The van der Waals surface area contributed by atoms with Crippen LogP contribution < -0.4 is 5.73 Å². The van der Waals surface area contributed by atoms with Crippen LogP contribution in [0.3, 0.4) is 0 Å². The lowest BCUT2D eigenvalue weighted by Gasteiger charge is -2.04. The van der Waals surface area contributed by atoms with E-state index in [1.807, 2.05) is 12.1 Å². The molecule has 0 atom stereocenters. The van der Waals surface area contributed by atoms with E-state index >= 15 is 0 Å². The Hall–Kier alpha value is -2.34. The molecule has 0 saturated carbocycles. The fourth-order valence-corrected chi connectivity index (χ4v) is 1.65. The predicted molar refractivity (Wildman–Crippen MR) is 64.8 cm³/mol. The van der Waals surface area contributed by atoms with E-state index in [0.717, 1.165) is 11.1 Å². The van der Waals surface area contributed by atoms with Gasteiger partial charge in [0, 0.05) is 5.69 Å². The Morgan fingerprint density at radius 1 is 1.06 bits per heavy atom. The van der Waals surface area contributed by atoms with Gasteiger partial charge in [-0.1, -0.05) is 18.2 Å². The molecule has 17 heavy (non-hydrogen) atoms. The molecule has 0 spiro atoms. The zero-order valence-corrected chi connectivity index (χ0v) is 9.15. The third-order valence-corrected chi connectivity index (χ3v) is 2.56. The smallest absolute Gasteiger partial charge is 0.123 e. The van der Waals surface area contributed by atoms with Gasteiger partial charge >= 0.3 is 0 Å². The van der Waals surface area contributed by atoms with Crippen LogP contribution in [-0.2, 0) is 6.42 Å². The second-order valence-corrected chi connectivity index (χ2v) is 3.84. The van der Waals surface area contributed by atoms with Crippen LogP contribution in [0.15, 0.2) is 42.5 Å². The number of halogens is 1. The number of rotatable bonds is 2. The summed E-state index contributed by atoms with van der Waals surface area (Å²) in [5, 5.41) is 8.87. The molecule has 0 fully saturated rings. The Morgan fingerprint density at radius 3 is 2.35 bits per heavy atom. The van der Waals surface area contributed by atoms with Gasteiger partial charge in [0.25, 0.3) is 0 Å². The highest BCUT2D eigenvalue weighted by molar-refractivity contribution is 5.55. The minimum absolute atomic E-state index is 0.247. The minimum Gasteiger partial charge on any atom is -0.398 e. The molecule has 0 aromatic heterocycles. The highest BCUT2D eigenvalue weighted by Gasteiger charge is 2.01. The normalized spacial score (nSPS) is 9.88. The lowest BCUT2D eigenvalue weighted by Crippen LogP contribution is -1.94. The first-order valence-electron chi connectivity index (χ1n) is 5.22. The van der Waals surface area contributed by atoms with Crippen LogP contribution in [0.1, 0.15) is 16.7 Å². The topological polar surface area (TPSA) is 49.8 Å². The summed E-state index contributed by atoms with van der Waals surface area (Å²) >= 11 is 0. The van der Waals surface area contributed by atoms with E-state index in [0.29, 0.717) is 17.7 Å². The average Bonchev–Trinajstić information content (AvgIpc) is 2.34. The number of nitrogen functional groups attached to an aromatic ring is 1. The zero-order chi connectivity index (χ0) is 12.3. The number of benzene rings is 2. The van der Waals surface area contributed by atoms with Gasteiger partial charge in [0.15, 0.2) is 0 Å². The van der Waals surface area contributed by atoms with Crippen LogP contribution in [0.5, 0.6) is 0 Å². The Bertz CT molecular complexity index is 568. The molecule has 3 heteroatoms. The maximum Gasteiger partial charge on any atom is 0.123 e. The largest absolute Gasteiger partial charge is 0.398 e. The maximum absolute atomic E-state index is 12.7. The molecule has 0 aliphatic carbocycles. The van der Waals surface area contributed by atoms with E-state index in [1.165, 1.54) is 12.1 Å². The summed E-state index contributed by atoms with van der Waals surface area (Å²) in [4.78, 5) is 0. The van der Waals surface area contributed by atoms with E-state index in [-0.39, 0.29) is 5.82 Å². The molecule has 0 unspecified atom stereocenters. The molecule has 2 nitrogen and oxygen atoms in total. The molecule has 0 aliphatic rings. The van der Waals surface area contributed by atoms with Crippen LogP contribution in [-0.4, -0.2) is 0 Å². The standard InChI is InChI=1S/C14H11FN2/c15-13-4-1-10(2-5-13)7-11-3-6-14(17)12(8-11)9-16/h1-6,8H,7,17H2. The summed E-state index contributed by atoms with van der Waals surface area (Å²) in [5.41, 5.74) is 8.59. The van der Waals surface area contributed by atoms with Crippen molar-refractivity contribution in [2.45, 2.75) is 6.42 Å². The summed E-state index contributed by atoms with van der Waals surface area (Å²) in [6.07, 6.45) is 0.662. The van der Waals surface area contributed by atoms with Crippen LogP contribution >= 0.6 is 0 Å². The SMILES string of the molecule is N#Cc1cc(Cc2ccc(F)cc2)ccc1N. The van der Waals surface area contributed by atoms with E-state index in [4.69, 9.17) is 11.0 Å². The van der Waals surface area contributed by atoms with Gasteiger partial charge in [-0.25, -0.2) is 4.39 Å². The van der Waals surface area contributed by atoms with Crippen molar-refractivity contribution in [2.75, 3.05) is 5.73 Å². The molecule has 0 amide bonds. The molecular formula is C14H11FN2. The third kappa shape index (κ3) is 2.61. The number of nitrogens with two attached hydrogens (primary N) is 1. The van der Waals surface area contributed by atoms with Gasteiger partial charge in [0.05, 0.1) is 5.56 Å². The lowest BCUT2D eigenvalue weighted by atomic mass is 10.0. The van der Waals surface area contributed by atoms with Crippen molar-refractivity contribution in [3.8, 4) is 6.07 Å².